The van der Waals surface area contributed by atoms with E-state index in [9.17, 15) is 18.4 Å². The van der Waals surface area contributed by atoms with Gasteiger partial charge < -0.3 is 15.8 Å². The maximum atomic E-state index is 12.3. The van der Waals surface area contributed by atoms with Crippen LogP contribution in [0.1, 0.15) is 26.3 Å². The van der Waals surface area contributed by atoms with Crippen molar-refractivity contribution in [3.63, 3.8) is 0 Å². The van der Waals surface area contributed by atoms with E-state index < -0.39 is 18.4 Å². The number of amides is 2. The summed E-state index contributed by atoms with van der Waals surface area (Å²) in [6.45, 7) is -2.91. The van der Waals surface area contributed by atoms with Gasteiger partial charge in [-0.15, -0.1) is 0 Å². The monoisotopic (exact) mass is 320 g/mol. The Hall–Kier alpha value is -2.96. The van der Waals surface area contributed by atoms with Crippen LogP contribution < -0.4 is 15.8 Å². The predicted octanol–water partition coefficient (Wildman–Crippen LogP) is 2.32. The summed E-state index contributed by atoms with van der Waals surface area (Å²) in [6.07, 6.45) is 0. The summed E-state index contributed by atoms with van der Waals surface area (Å²) in [5.41, 5.74) is 6.15. The van der Waals surface area contributed by atoms with Gasteiger partial charge in [-0.25, -0.2) is 0 Å². The van der Waals surface area contributed by atoms with Crippen molar-refractivity contribution in [2.45, 2.75) is 13.2 Å². The highest BCUT2D eigenvalue weighted by molar-refractivity contribution is 5.97. The van der Waals surface area contributed by atoms with Gasteiger partial charge in [-0.3, -0.25) is 9.59 Å². The van der Waals surface area contributed by atoms with Crippen LogP contribution in [-0.4, -0.2) is 18.4 Å². The molecule has 7 heteroatoms. The molecule has 0 bridgehead atoms. The molecule has 0 heterocycles. The molecular formula is C16H14F2N2O3. The van der Waals surface area contributed by atoms with Crippen LogP contribution in [0.2, 0.25) is 0 Å². The Morgan fingerprint density at radius 3 is 2.26 bits per heavy atom. The standard InChI is InChI=1S/C16H14F2N2O3/c17-16(18)23-13-4-2-1-3-12(13)9-20-15(22)11-7-5-10(6-8-11)14(19)21/h1-8,16H,9H2,(H2,19,21)(H,20,22). The molecule has 0 saturated heterocycles. The summed E-state index contributed by atoms with van der Waals surface area (Å²) < 4.78 is 29.0. The number of benzene rings is 2. The van der Waals surface area contributed by atoms with Gasteiger partial charge in [0.05, 0.1) is 0 Å². The highest BCUT2D eigenvalue weighted by atomic mass is 19.3. The molecule has 0 unspecified atom stereocenters. The van der Waals surface area contributed by atoms with Crippen LogP contribution >= 0.6 is 0 Å². The fourth-order valence-electron chi connectivity index (χ4n) is 1.92. The Morgan fingerprint density at radius 1 is 1.04 bits per heavy atom. The molecule has 0 radical (unpaired) electrons. The average Bonchev–Trinajstić information content (AvgIpc) is 2.53. The van der Waals surface area contributed by atoms with Gasteiger partial charge in [-0.05, 0) is 30.3 Å². The minimum Gasteiger partial charge on any atom is -0.434 e. The molecule has 0 aromatic heterocycles. The van der Waals surface area contributed by atoms with Crippen LogP contribution in [0.15, 0.2) is 48.5 Å². The van der Waals surface area contributed by atoms with Crippen molar-refractivity contribution < 1.29 is 23.1 Å². The largest absolute Gasteiger partial charge is 0.434 e. The van der Waals surface area contributed by atoms with E-state index in [1.165, 1.54) is 30.3 Å². The lowest BCUT2D eigenvalue weighted by molar-refractivity contribution is -0.0504. The van der Waals surface area contributed by atoms with E-state index in [1.807, 2.05) is 0 Å². The van der Waals surface area contributed by atoms with E-state index in [2.05, 4.69) is 10.1 Å². The lowest BCUT2D eigenvalue weighted by Crippen LogP contribution is -2.23. The summed E-state index contributed by atoms with van der Waals surface area (Å²) in [6, 6.07) is 12.0. The normalized spacial score (nSPS) is 10.4. The van der Waals surface area contributed by atoms with E-state index >= 15 is 0 Å². The second-order valence-corrected chi connectivity index (χ2v) is 4.61. The molecule has 23 heavy (non-hydrogen) atoms. The summed E-state index contributed by atoms with van der Waals surface area (Å²) in [7, 11) is 0. The molecule has 0 atom stereocenters. The zero-order valence-corrected chi connectivity index (χ0v) is 12.0. The van der Waals surface area contributed by atoms with Crippen molar-refractivity contribution in [3.8, 4) is 5.75 Å². The minimum atomic E-state index is -2.94. The number of halogens is 2. The topological polar surface area (TPSA) is 81.4 Å². The molecular weight excluding hydrogens is 306 g/mol. The van der Waals surface area contributed by atoms with Crippen LogP contribution in [0.3, 0.4) is 0 Å². The van der Waals surface area contributed by atoms with Crippen LogP contribution in [0, 0.1) is 0 Å². The fourth-order valence-corrected chi connectivity index (χ4v) is 1.92. The number of hydrogen-bond donors (Lipinski definition) is 2. The van der Waals surface area contributed by atoms with Crippen LogP contribution in [0.25, 0.3) is 0 Å². The van der Waals surface area contributed by atoms with E-state index in [1.54, 1.807) is 18.2 Å². The highest BCUT2D eigenvalue weighted by Crippen LogP contribution is 2.20. The Balaban J connectivity index is 2.03. The van der Waals surface area contributed by atoms with Gasteiger partial charge in [0.15, 0.2) is 0 Å². The minimum absolute atomic E-state index is 0.00637. The van der Waals surface area contributed by atoms with Crippen molar-refractivity contribution in [2.75, 3.05) is 0 Å². The number of nitrogens with two attached hydrogens (primary N) is 1. The quantitative estimate of drug-likeness (QED) is 0.857. The van der Waals surface area contributed by atoms with Gasteiger partial charge in [0.1, 0.15) is 5.75 Å². The Kier molecular flexibility index (Phi) is 5.24. The van der Waals surface area contributed by atoms with Crippen LogP contribution in [0.4, 0.5) is 8.78 Å². The van der Waals surface area contributed by atoms with Gasteiger partial charge in [0.2, 0.25) is 5.91 Å². The number of hydrogen-bond acceptors (Lipinski definition) is 3. The maximum Gasteiger partial charge on any atom is 0.387 e. The first-order valence-corrected chi connectivity index (χ1v) is 6.68. The molecule has 0 aliphatic heterocycles. The molecule has 2 aromatic carbocycles. The predicted molar refractivity (Wildman–Crippen MR) is 79.2 cm³/mol. The van der Waals surface area contributed by atoms with Gasteiger partial charge >= 0.3 is 6.61 Å². The van der Waals surface area contributed by atoms with Gasteiger partial charge in [-0.2, -0.15) is 8.78 Å². The SMILES string of the molecule is NC(=O)c1ccc(C(=O)NCc2ccccc2OC(F)F)cc1. The molecule has 120 valence electrons. The van der Waals surface area contributed by atoms with Crippen LogP contribution in [0.5, 0.6) is 5.75 Å². The second kappa shape index (κ2) is 7.35. The number of para-hydroxylation sites is 1. The van der Waals surface area contributed by atoms with Crippen molar-refractivity contribution >= 4 is 11.8 Å². The molecule has 2 amide bonds. The van der Waals surface area contributed by atoms with Crippen molar-refractivity contribution in [1.82, 2.24) is 5.32 Å². The van der Waals surface area contributed by atoms with Crippen molar-refractivity contribution in [2.24, 2.45) is 5.73 Å². The third-order valence-electron chi connectivity index (χ3n) is 3.06. The third-order valence-corrected chi connectivity index (χ3v) is 3.06. The smallest absolute Gasteiger partial charge is 0.387 e. The molecule has 0 spiro atoms. The first-order valence-electron chi connectivity index (χ1n) is 6.68. The molecule has 5 nitrogen and oxygen atoms in total. The number of carbonyl (C=O) groups is 2. The molecule has 3 N–H and O–H groups in total. The zero-order valence-electron chi connectivity index (χ0n) is 12.0. The number of nitrogens with one attached hydrogen (secondary N) is 1. The number of carbonyl (C=O) groups excluding carboxylic acids is 2. The zero-order chi connectivity index (χ0) is 16.8. The van der Waals surface area contributed by atoms with E-state index in [-0.39, 0.29) is 17.9 Å². The van der Waals surface area contributed by atoms with Gasteiger partial charge in [0, 0.05) is 23.2 Å². The Labute approximate surface area is 131 Å². The van der Waals surface area contributed by atoms with Crippen LogP contribution in [-0.2, 0) is 6.54 Å². The summed E-state index contributed by atoms with van der Waals surface area (Å²) >= 11 is 0. The number of ether oxygens (including phenoxy) is 1. The van der Waals surface area contributed by atoms with Crippen molar-refractivity contribution in [3.05, 3.63) is 65.2 Å². The third kappa shape index (κ3) is 4.50. The summed E-state index contributed by atoms with van der Waals surface area (Å²) in [4.78, 5) is 23.0. The molecule has 2 aromatic rings. The highest BCUT2D eigenvalue weighted by Gasteiger charge is 2.11. The lowest BCUT2D eigenvalue weighted by atomic mass is 10.1. The Bertz CT molecular complexity index is 703. The van der Waals surface area contributed by atoms with Crippen molar-refractivity contribution in [1.29, 1.82) is 0 Å². The van der Waals surface area contributed by atoms with E-state index in [4.69, 9.17) is 5.73 Å². The molecule has 0 saturated carbocycles. The molecule has 0 aliphatic carbocycles. The van der Waals surface area contributed by atoms with E-state index in [0.717, 1.165) is 0 Å². The average molecular weight is 320 g/mol. The fraction of sp³-hybridized carbons (Fsp3) is 0.125. The molecule has 0 aliphatic rings. The Morgan fingerprint density at radius 2 is 1.65 bits per heavy atom. The summed E-state index contributed by atoms with van der Waals surface area (Å²) in [5, 5.41) is 2.60. The maximum absolute atomic E-state index is 12.3. The summed E-state index contributed by atoms with van der Waals surface area (Å²) in [5.74, 6) is -0.991. The molecule has 2 rings (SSSR count). The first kappa shape index (κ1) is 16.4. The lowest BCUT2D eigenvalue weighted by Gasteiger charge is -2.11. The first-order chi connectivity index (χ1) is 11.0. The molecule has 0 fully saturated rings. The number of alkyl halides is 2. The number of primary amides is 1. The second-order valence-electron chi connectivity index (χ2n) is 4.61. The van der Waals surface area contributed by atoms with Gasteiger partial charge in [-0.1, -0.05) is 18.2 Å². The number of rotatable bonds is 6. The van der Waals surface area contributed by atoms with Gasteiger partial charge in [0.25, 0.3) is 5.91 Å². The van der Waals surface area contributed by atoms with E-state index in [0.29, 0.717) is 11.1 Å².